The Hall–Kier alpha value is -1.29. The lowest BCUT2D eigenvalue weighted by molar-refractivity contribution is -0.145. The molecule has 2 aliphatic carbocycles. The summed E-state index contributed by atoms with van der Waals surface area (Å²) in [4.78, 5) is 16.4. The van der Waals surface area contributed by atoms with Crippen molar-refractivity contribution in [2.45, 2.75) is 70.9 Å². The molecule has 3 N–H and O–H groups in total. The summed E-state index contributed by atoms with van der Waals surface area (Å²) in [6.07, 6.45) is 10.2. The zero-order valence-corrected chi connectivity index (χ0v) is 20.8. The van der Waals surface area contributed by atoms with Crippen LogP contribution in [0.4, 0.5) is 0 Å². The number of hydrogen-bond donors (Lipinski definition) is 3. The molecule has 0 bridgehead atoms. The van der Waals surface area contributed by atoms with E-state index in [0.717, 1.165) is 37.5 Å². The lowest BCUT2D eigenvalue weighted by atomic mass is 9.55. The Balaban J connectivity index is 0.00000320. The van der Waals surface area contributed by atoms with E-state index in [2.05, 4.69) is 27.9 Å². The minimum absolute atomic E-state index is 0. The molecule has 1 aromatic rings. The number of amides is 1. The lowest BCUT2D eigenvalue weighted by Gasteiger charge is -2.57. The third-order valence-corrected chi connectivity index (χ3v) is 6.47. The minimum Gasteiger partial charge on any atom is -0.459 e. The maximum absolute atomic E-state index is 12.1. The monoisotopic (exact) mass is 532 g/mol. The molecule has 30 heavy (non-hydrogen) atoms. The van der Waals surface area contributed by atoms with Gasteiger partial charge in [-0.2, -0.15) is 0 Å². The summed E-state index contributed by atoms with van der Waals surface area (Å²) >= 11 is 0. The topological polar surface area (TPSA) is 87.9 Å². The molecule has 8 heteroatoms. The Morgan fingerprint density at radius 2 is 2.00 bits per heavy atom. The number of hydrogen-bond acceptors (Lipinski definition) is 4. The Bertz CT molecular complexity index is 700. The van der Waals surface area contributed by atoms with Crippen LogP contribution in [-0.4, -0.2) is 50.8 Å². The Kier molecular flexibility index (Phi) is 9.93. The van der Waals surface area contributed by atoms with Gasteiger partial charge in [-0.05, 0) is 45.6 Å². The van der Waals surface area contributed by atoms with Crippen LogP contribution in [0.3, 0.4) is 0 Å². The maximum Gasteiger partial charge on any atom is 0.287 e. The molecular weight excluding hydrogens is 495 g/mol. The first-order valence-electron chi connectivity index (χ1n) is 11.0. The molecule has 1 aromatic heterocycles. The molecule has 2 saturated carbocycles. The lowest BCUT2D eigenvalue weighted by Crippen LogP contribution is -2.66. The summed E-state index contributed by atoms with van der Waals surface area (Å²) in [5.41, 5.74) is 1.12. The third-order valence-electron chi connectivity index (χ3n) is 6.47. The number of carbonyl (C=O) groups excluding carboxylic acids is 1. The molecule has 0 saturated heterocycles. The van der Waals surface area contributed by atoms with Crippen molar-refractivity contribution in [2.24, 2.45) is 10.4 Å². The van der Waals surface area contributed by atoms with Gasteiger partial charge >= 0.3 is 0 Å². The summed E-state index contributed by atoms with van der Waals surface area (Å²) in [6.45, 7) is 6.07. The normalized spacial score (nSPS) is 22.7. The average molecular weight is 532 g/mol. The van der Waals surface area contributed by atoms with E-state index in [0.29, 0.717) is 24.5 Å². The molecular formula is C22H37IN4O3. The van der Waals surface area contributed by atoms with Gasteiger partial charge in [0.05, 0.1) is 12.4 Å². The number of ether oxygens (including phenoxy) is 1. The number of guanidine groups is 1. The van der Waals surface area contributed by atoms with E-state index in [4.69, 9.17) is 9.15 Å². The number of halogens is 1. The largest absolute Gasteiger partial charge is 0.459 e. The van der Waals surface area contributed by atoms with Crippen LogP contribution in [-0.2, 0) is 4.74 Å². The predicted octanol–water partition coefficient (Wildman–Crippen LogP) is 3.62. The SMILES string of the molecule is CCOC1CC(NC(=NC)NCCCNC(=O)c2occc2C)C12CCCCC2.I. The predicted molar refractivity (Wildman–Crippen MR) is 130 cm³/mol. The first-order chi connectivity index (χ1) is 14.1. The summed E-state index contributed by atoms with van der Waals surface area (Å²) < 4.78 is 11.3. The molecule has 1 spiro atoms. The van der Waals surface area contributed by atoms with Gasteiger partial charge in [-0.25, -0.2) is 0 Å². The van der Waals surface area contributed by atoms with Crippen LogP contribution in [0.15, 0.2) is 21.7 Å². The third kappa shape index (κ3) is 5.69. The Morgan fingerprint density at radius 1 is 1.27 bits per heavy atom. The highest BCUT2D eigenvalue weighted by Crippen LogP contribution is 2.53. The molecule has 1 heterocycles. The number of furan rings is 1. The number of nitrogens with zero attached hydrogens (tertiary/aromatic N) is 1. The van der Waals surface area contributed by atoms with Crippen molar-refractivity contribution < 1.29 is 13.9 Å². The summed E-state index contributed by atoms with van der Waals surface area (Å²) in [7, 11) is 1.81. The first kappa shape index (κ1) is 25.0. The van der Waals surface area contributed by atoms with Crippen LogP contribution in [0.25, 0.3) is 0 Å². The van der Waals surface area contributed by atoms with E-state index < -0.39 is 0 Å². The summed E-state index contributed by atoms with van der Waals surface area (Å²) in [5, 5.41) is 9.92. The number of aryl methyl sites for hydroxylation is 1. The zero-order chi connectivity index (χ0) is 20.7. The van der Waals surface area contributed by atoms with Gasteiger partial charge in [0, 0.05) is 43.8 Å². The van der Waals surface area contributed by atoms with Gasteiger partial charge in [0.1, 0.15) is 0 Å². The van der Waals surface area contributed by atoms with E-state index in [-0.39, 0.29) is 35.3 Å². The van der Waals surface area contributed by atoms with Gasteiger partial charge in [-0.1, -0.05) is 19.3 Å². The second kappa shape index (κ2) is 11.9. The van der Waals surface area contributed by atoms with Gasteiger partial charge < -0.3 is 25.1 Å². The molecule has 0 radical (unpaired) electrons. The number of nitrogens with one attached hydrogen (secondary N) is 3. The molecule has 170 valence electrons. The van der Waals surface area contributed by atoms with Crippen LogP contribution in [0, 0.1) is 12.3 Å². The smallest absolute Gasteiger partial charge is 0.287 e. The van der Waals surface area contributed by atoms with Crippen molar-refractivity contribution in [1.29, 1.82) is 0 Å². The zero-order valence-electron chi connectivity index (χ0n) is 18.5. The number of rotatable bonds is 8. The van der Waals surface area contributed by atoms with Crippen molar-refractivity contribution in [3.63, 3.8) is 0 Å². The maximum atomic E-state index is 12.1. The quantitative estimate of drug-likeness (QED) is 0.206. The van der Waals surface area contributed by atoms with Crippen LogP contribution < -0.4 is 16.0 Å². The highest BCUT2D eigenvalue weighted by atomic mass is 127. The van der Waals surface area contributed by atoms with Crippen molar-refractivity contribution in [3.8, 4) is 0 Å². The Morgan fingerprint density at radius 3 is 2.63 bits per heavy atom. The molecule has 0 aliphatic heterocycles. The van der Waals surface area contributed by atoms with Gasteiger partial charge in [0.2, 0.25) is 0 Å². The molecule has 2 unspecified atom stereocenters. The van der Waals surface area contributed by atoms with E-state index in [1.165, 1.54) is 38.4 Å². The van der Waals surface area contributed by atoms with Crippen LogP contribution in [0.5, 0.6) is 0 Å². The van der Waals surface area contributed by atoms with Crippen LogP contribution in [0.2, 0.25) is 0 Å². The molecule has 2 atom stereocenters. The summed E-state index contributed by atoms with van der Waals surface area (Å²) in [6, 6.07) is 2.22. The second-order valence-corrected chi connectivity index (χ2v) is 8.21. The average Bonchev–Trinajstić information content (AvgIpc) is 3.17. The van der Waals surface area contributed by atoms with Gasteiger partial charge in [0.15, 0.2) is 11.7 Å². The van der Waals surface area contributed by atoms with Crippen molar-refractivity contribution in [2.75, 3.05) is 26.7 Å². The number of aliphatic imine (C=N–C) groups is 1. The fourth-order valence-corrected chi connectivity index (χ4v) is 4.81. The standard InChI is InChI=1S/C22H36N4O3.HI/c1-4-28-18-15-17(22(18)10-6-5-7-11-22)26-21(23-3)25-13-8-12-24-20(27)19-16(2)9-14-29-19;/h9,14,17-18H,4-8,10-13,15H2,1-3H3,(H,24,27)(H2,23,25,26);1H. The number of carbonyl (C=O) groups is 1. The second-order valence-electron chi connectivity index (χ2n) is 8.21. The van der Waals surface area contributed by atoms with Crippen LogP contribution >= 0.6 is 24.0 Å². The molecule has 2 fully saturated rings. The van der Waals surface area contributed by atoms with E-state index in [1.807, 2.05) is 14.0 Å². The fourth-order valence-electron chi connectivity index (χ4n) is 4.81. The highest BCUT2D eigenvalue weighted by Gasteiger charge is 2.55. The van der Waals surface area contributed by atoms with Crippen molar-refractivity contribution in [1.82, 2.24) is 16.0 Å². The summed E-state index contributed by atoms with van der Waals surface area (Å²) in [5.74, 6) is 1.07. The molecule has 3 rings (SSSR count). The molecule has 0 aromatic carbocycles. The molecule has 7 nitrogen and oxygen atoms in total. The molecule has 2 aliphatic rings. The van der Waals surface area contributed by atoms with Gasteiger partial charge in [-0.15, -0.1) is 24.0 Å². The molecule has 1 amide bonds. The first-order valence-corrected chi connectivity index (χ1v) is 11.0. The Labute approximate surface area is 197 Å². The van der Waals surface area contributed by atoms with E-state index in [1.54, 1.807) is 6.07 Å². The van der Waals surface area contributed by atoms with E-state index >= 15 is 0 Å². The van der Waals surface area contributed by atoms with Crippen LogP contribution in [0.1, 0.15) is 68.0 Å². The fraction of sp³-hybridized carbons (Fsp3) is 0.727. The highest BCUT2D eigenvalue weighted by molar-refractivity contribution is 14.0. The van der Waals surface area contributed by atoms with Gasteiger partial charge in [0.25, 0.3) is 5.91 Å². The van der Waals surface area contributed by atoms with Crippen molar-refractivity contribution in [3.05, 3.63) is 23.7 Å². The van der Waals surface area contributed by atoms with Crippen molar-refractivity contribution >= 4 is 35.8 Å². The minimum atomic E-state index is -0.161. The van der Waals surface area contributed by atoms with Gasteiger partial charge in [-0.3, -0.25) is 9.79 Å². The van der Waals surface area contributed by atoms with E-state index in [9.17, 15) is 4.79 Å².